The SMILES string of the molecule is COCCNc1cc(C(C)(C)O)c2ccn(-c3ccn[nH]3)c2n1. The second-order valence-corrected chi connectivity index (χ2v) is 5.90. The van der Waals surface area contributed by atoms with E-state index >= 15 is 0 Å². The molecule has 0 unspecified atom stereocenters. The lowest BCUT2D eigenvalue weighted by atomic mass is 9.96. The normalized spacial score (nSPS) is 12.0. The van der Waals surface area contributed by atoms with Crippen LogP contribution in [0, 0.1) is 0 Å². The highest BCUT2D eigenvalue weighted by Crippen LogP contribution is 2.31. The number of ether oxygens (including phenoxy) is 1. The molecule has 0 fully saturated rings. The lowest BCUT2D eigenvalue weighted by Gasteiger charge is -2.20. The first kappa shape index (κ1) is 15.5. The number of anilines is 1. The van der Waals surface area contributed by atoms with Gasteiger partial charge in [0.25, 0.3) is 0 Å². The quantitative estimate of drug-likeness (QED) is 0.606. The molecule has 7 nitrogen and oxygen atoms in total. The summed E-state index contributed by atoms with van der Waals surface area (Å²) < 4.78 is 6.97. The summed E-state index contributed by atoms with van der Waals surface area (Å²) >= 11 is 0. The molecule has 0 aliphatic heterocycles. The molecule has 3 heterocycles. The van der Waals surface area contributed by atoms with Crippen molar-refractivity contribution in [2.24, 2.45) is 0 Å². The van der Waals surface area contributed by atoms with Gasteiger partial charge in [-0.25, -0.2) is 4.98 Å². The summed E-state index contributed by atoms with van der Waals surface area (Å²) in [6.45, 7) is 4.77. The van der Waals surface area contributed by atoms with Crippen molar-refractivity contribution in [1.29, 1.82) is 0 Å². The lowest BCUT2D eigenvalue weighted by molar-refractivity contribution is 0.0802. The standard InChI is InChI=1S/C16H21N5O2/c1-16(2,22)12-10-13(17-7-9-23-3)19-15-11(12)5-8-21(15)14-4-6-18-20-14/h4-6,8,10,22H,7,9H2,1-3H3,(H,17,19)(H,18,20). The Bertz CT molecular complexity index is 787. The number of nitrogens with one attached hydrogen (secondary N) is 2. The summed E-state index contributed by atoms with van der Waals surface area (Å²) in [5.41, 5.74) is 0.605. The maximum atomic E-state index is 10.5. The minimum absolute atomic E-state index is 0.582. The summed E-state index contributed by atoms with van der Waals surface area (Å²) in [4.78, 5) is 4.67. The molecule has 0 radical (unpaired) electrons. The van der Waals surface area contributed by atoms with Crippen LogP contribution in [0.5, 0.6) is 0 Å². The number of aromatic nitrogens is 4. The van der Waals surface area contributed by atoms with Crippen LogP contribution in [0.4, 0.5) is 5.82 Å². The zero-order valence-corrected chi connectivity index (χ0v) is 13.5. The zero-order chi connectivity index (χ0) is 16.4. The fraction of sp³-hybridized carbons (Fsp3) is 0.375. The Hall–Kier alpha value is -2.38. The number of fused-ring (bicyclic) bond motifs is 1. The third kappa shape index (κ3) is 3.06. The molecule has 3 aromatic heterocycles. The number of nitrogens with zero attached hydrogens (tertiary/aromatic N) is 3. The molecule has 3 rings (SSSR count). The van der Waals surface area contributed by atoms with Crippen molar-refractivity contribution in [3.8, 4) is 5.82 Å². The van der Waals surface area contributed by atoms with E-state index in [0.29, 0.717) is 19.0 Å². The fourth-order valence-electron chi connectivity index (χ4n) is 2.56. The lowest BCUT2D eigenvalue weighted by Crippen LogP contribution is -2.18. The van der Waals surface area contributed by atoms with E-state index < -0.39 is 5.60 Å². The van der Waals surface area contributed by atoms with Crippen molar-refractivity contribution in [2.75, 3.05) is 25.6 Å². The molecule has 0 bridgehead atoms. The zero-order valence-electron chi connectivity index (χ0n) is 13.5. The minimum Gasteiger partial charge on any atom is -0.386 e. The highest BCUT2D eigenvalue weighted by molar-refractivity contribution is 5.84. The van der Waals surface area contributed by atoms with Gasteiger partial charge in [0, 0.05) is 31.3 Å². The van der Waals surface area contributed by atoms with Gasteiger partial charge < -0.3 is 15.2 Å². The molecule has 3 aromatic rings. The van der Waals surface area contributed by atoms with Crippen LogP contribution in [0.3, 0.4) is 0 Å². The Balaban J connectivity index is 2.13. The number of methoxy groups -OCH3 is 1. The second-order valence-electron chi connectivity index (χ2n) is 5.90. The van der Waals surface area contributed by atoms with Gasteiger partial charge in [-0.15, -0.1) is 0 Å². The monoisotopic (exact) mass is 315 g/mol. The maximum Gasteiger partial charge on any atom is 0.148 e. The molecule has 0 aliphatic carbocycles. The third-order valence-electron chi connectivity index (χ3n) is 3.67. The third-order valence-corrected chi connectivity index (χ3v) is 3.67. The Kier molecular flexibility index (Phi) is 4.06. The molecule has 7 heteroatoms. The van der Waals surface area contributed by atoms with Crippen LogP contribution in [-0.4, -0.2) is 45.1 Å². The topological polar surface area (TPSA) is 88.0 Å². The van der Waals surface area contributed by atoms with Crippen LogP contribution in [0.2, 0.25) is 0 Å². The average Bonchev–Trinajstić information content (AvgIpc) is 3.14. The molecule has 0 atom stereocenters. The smallest absolute Gasteiger partial charge is 0.148 e. The van der Waals surface area contributed by atoms with Crippen LogP contribution in [0.15, 0.2) is 30.6 Å². The van der Waals surface area contributed by atoms with E-state index in [1.165, 1.54) is 0 Å². The van der Waals surface area contributed by atoms with Gasteiger partial charge >= 0.3 is 0 Å². The Morgan fingerprint density at radius 2 is 2.22 bits per heavy atom. The van der Waals surface area contributed by atoms with Crippen LogP contribution < -0.4 is 5.32 Å². The molecule has 23 heavy (non-hydrogen) atoms. The maximum absolute atomic E-state index is 10.5. The number of aliphatic hydroxyl groups is 1. The van der Waals surface area contributed by atoms with Gasteiger partial charge in [0.05, 0.1) is 18.4 Å². The van der Waals surface area contributed by atoms with E-state index in [0.717, 1.165) is 22.4 Å². The van der Waals surface area contributed by atoms with Crippen LogP contribution >= 0.6 is 0 Å². The van der Waals surface area contributed by atoms with Crippen LogP contribution in [0.1, 0.15) is 19.4 Å². The van der Waals surface area contributed by atoms with Gasteiger partial charge in [0.15, 0.2) is 0 Å². The van der Waals surface area contributed by atoms with Crippen molar-refractivity contribution >= 4 is 16.9 Å². The second kappa shape index (κ2) is 6.02. The van der Waals surface area contributed by atoms with Crippen LogP contribution in [0.25, 0.3) is 16.9 Å². The van der Waals surface area contributed by atoms with Gasteiger partial charge in [-0.2, -0.15) is 5.10 Å². The largest absolute Gasteiger partial charge is 0.386 e. The van der Waals surface area contributed by atoms with E-state index in [1.54, 1.807) is 27.2 Å². The van der Waals surface area contributed by atoms with E-state index in [9.17, 15) is 5.11 Å². The molecule has 0 aliphatic rings. The summed E-state index contributed by atoms with van der Waals surface area (Å²) in [6.07, 6.45) is 3.61. The van der Waals surface area contributed by atoms with Crippen molar-refractivity contribution in [3.05, 3.63) is 36.2 Å². The molecule has 0 spiro atoms. The van der Waals surface area contributed by atoms with E-state index in [4.69, 9.17) is 4.74 Å². The van der Waals surface area contributed by atoms with E-state index in [1.807, 2.05) is 29.0 Å². The van der Waals surface area contributed by atoms with E-state index in [2.05, 4.69) is 20.5 Å². The molecule has 0 aromatic carbocycles. The van der Waals surface area contributed by atoms with Crippen molar-refractivity contribution in [1.82, 2.24) is 19.7 Å². The summed E-state index contributed by atoms with van der Waals surface area (Å²) in [6, 6.07) is 5.71. The minimum atomic E-state index is -0.973. The van der Waals surface area contributed by atoms with Gasteiger partial charge in [-0.1, -0.05) is 0 Å². The molecule has 0 saturated heterocycles. The Labute approximate surface area is 134 Å². The molecule has 3 N–H and O–H groups in total. The first-order valence-corrected chi connectivity index (χ1v) is 7.48. The van der Waals surface area contributed by atoms with Gasteiger partial charge in [0.1, 0.15) is 17.3 Å². The van der Waals surface area contributed by atoms with Gasteiger partial charge in [-0.05, 0) is 31.5 Å². The fourth-order valence-corrected chi connectivity index (χ4v) is 2.56. The van der Waals surface area contributed by atoms with E-state index in [-0.39, 0.29) is 0 Å². The summed E-state index contributed by atoms with van der Waals surface area (Å²) in [5, 5.41) is 21.6. The Morgan fingerprint density at radius 1 is 1.39 bits per heavy atom. The first-order valence-electron chi connectivity index (χ1n) is 7.48. The predicted molar refractivity (Wildman–Crippen MR) is 88.8 cm³/mol. The van der Waals surface area contributed by atoms with Gasteiger partial charge in [0.2, 0.25) is 0 Å². The summed E-state index contributed by atoms with van der Waals surface area (Å²) in [5.74, 6) is 1.52. The highest BCUT2D eigenvalue weighted by atomic mass is 16.5. The average molecular weight is 315 g/mol. The molecule has 122 valence electrons. The Morgan fingerprint density at radius 3 is 2.87 bits per heavy atom. The number of rotatable bonds is 6. The van der Waals surface area contributed by atoms with Crippen LogP contribution in [-0.2, 0) is 10.3 Å². The predicted octanol–water partition coefficient (Wildman–Crippen LogP) is 2.03. The first-order chi connectivity index (χ1) is 11.0. The molecular weight excluding hydrogens is 294 g/mol. The molecular formula is C16H21N5O2. The number of hydrogen-bond acceptors (Lipinski definition) is 5. The summed E-state index contributed by atoms with van der Waals surface area (Å²) in [7, 11) is 1.66. The number of H-pyrrole nitrogens is 1. The molecule has 0 amide bonds. The van der Waals surface area contributed by atoms with Crippen molar-refractivity contribution in [2.45, 2.75) is 19.4 Å². The number of aromatic amines is 1. The highest BCUT2D eigenvalue weighted by Gasteiger charge is 2.22. The molecule has 0 saturated carbocycles. The number of hydrogen-bond donors (Lipinski definition) is 3. The van der Waals surface area contributed by atoms with Crippen molar-refractivity contribution in [3.63, 3.8) is 0 Å². The number of pyridine rings is 1. The van der Waals surface area contributed by atoms with Gasteiger partial charge in [-0.3, -0.25) is 9.67 Å². The van der Waals surface area contributed by atoms with Crippen molar-refractivity contribution < 1.29 is 9.84 Å².